The molecule has 0 unspecified atom stereocenters. The number of nitrogens with zero attached hydrogens (tertiary/aromatic N) is 2. The van der Waals surface area contributed by atoms with Crippen molar-refractivity contribution < 1.29 is 10.2 Å². The van der Waals surface area contributed by atoms with Crippen molar-refractivity contribution in [3.8, 4) is 34.0 Å². The van der Waals surface area contributed by atoms with Gasteiger partial charge in [0, 0.05) is 11.1 Å². The average Bonchev–Trinajstić information content (AvgIpc) is 2.58. The maximum absolute atomic E-state index is 9.91. The predicted octanol–water partition coefficient (Wildman–Crippen LogP) is 6.89. The Kier molecular flexibility index (Phi) is 5.77. The molecule has 0 aliphatic heterocycles. The van der Waals surface area contributed by atoms with Crippen LogP contribution >= 0.6 is 63.7 Å². The molecule has 1 heterocycles. The summed E-state index contributed by atoms with van der Waals surface area (Å²) in [5.41, 5.74) is 4.68. The van der Waals surface area contributed by atoms with Crippen LogP contribution in [0.3, 0.4) is 0 Å². The molecule has 0 saturated heterocycles. The number of aromatic nitrogens is 2. The quantitative estimate of drug-likeness (QED) is 0.333. The van der Waals surface area contributed by atoms with Crippen LogP contribution in [0.5, 0.6) is 11.5 Å². The van der Waals surface area contributed by atoms with Crippen LogP contribution in [0.2, 0.25) is 0 Å². The molecule has 0 aliphatic rings. The fraction of sp³-hybridized carbons (Fsp3) is 0.111. The first-order valence-corrected chi connectivity index (χ1v) is 10.6. The fourth-order valence-corrected chi connectivity index (χ4v) is 4.93. The molecular weight excluding hydrogens is 596 g/mol. The lowest BCUT2D eigenvalue weighted by Crippen LogP contribution is -2.00. The third kappa shape index (κ3) is 3.69. The van der Waals surface area contributed by atoms with E-state index in [2.05, 4.69) is 63.7 Å². The normalized spacial score (nSPS) is 11.0. The molecule has 0 atom stereocenters. The SMILES string of the molecule is Cc1nc(-c2cc(Br)c(O)c(Br)c2)c(C)nc1-c1cc(Br)c(O)c(Br)c1. The Morgan fingerprint density at radius 3 is 1.15 bits per heavy atom. The van der Waals surface area contributed by atoms with Gasteiger partial charge in [0.2, 0.25) is 0 Å². The van der Waals surface area contributed by atoms with E-state index in [9.17, 15) is 10.2 Å². The van der Waals surface area contributed by atoms with E-state index in [0.717, 1.165) is 33.9 Å². The Labute approximate surface area is 184 Å². The largest absolute Gasteiger partial charge is 0.506 e. The van der Waals surface area contributed by atoms with Crippen LogP contribution in [0, 0.1) is 13.8 Å². The van der Waals surface area contributed by atoms with Crippen LogP contribution in [0.1, 0.15) is 11.4 Å². The molecule has 0 radical (unpaired) electrons. The molecule has 0 fully saturated rings. The molecule has 3 aromatic rings. The maximum atomic E-state index is 9.91. The van der Waals surface area contributed by atoms with Gasteiger partial charge in [-0.3, -0.25) is 0 Å². The number of hydrogen-bond donors (Lipinski definition) is 2. The summed E-state index contributed by atoms with van der Waals surface area (Å²) in [6, 6.07) is 7.24. The van der Waals surface area contributed by atoms with Gasteiger partial charge in [0.05, 0.1) is 40.7 Å². The van der Waals surface area contributed by atoms with E-state index in [1.807, 2.05) is 38.1 Å². The van der Waals surface area contributed by atoms with Gasteiger partial charge in [-0.05, 0) is 102 Å². The minimum atomic E-state index is 0.145. The first kappa shape index (κ1) is 19.8. The monoisotopic (exact) mass is 604 g/mol. The minimum Gasteiger partial charge on any atom is -0.506 e. The fourth-order valence-electron chi connectivity index (χ4n) is 2.55. The molecule has 0 aliphatic carbocycles. The van der Waals surface area contributed by atoms with Gasteiger partial charge in [-0.2, -0.15) is 0 Å². The van der Waals surface area contributed by atoms with E-state index in [1.54, 1.807) is 0 Å². The smallest absolute Gasteiger partial charge is 0.143 e. The summed E-state index contributed by atoms with van der Waals surface area (Å²) in [4.78, 5) is 9.47. The van der Waals surface area contributed by atoms with Gasteiger partial charge in [0.1, 0.15) is 11.5 Å². The van der Waals surface area contributed by atoms with Gasteiger partial charge in [-0.1, -0.05) is 0 Å². The van der Waals surface area contributed by atoms with Crippen LogP contribution in [0.25, 0.3) is 22.5 Å². The lowest BCUT2D eigenvalue weighted by atomic mass is 10.1. The van der Waals surface area contributed by atoms with Gasteiger partial charge in [0.15, 0.2) is 0 Å². The van der Waals surface area contributed by atoms with Gasteiger partial charge in [-0.15, -0.1) is 0 Å². The lowest BCUT2D eigenvalue weighted by molar-refractivity contribution is 0.468. The van der Waals surface area contributed by atoms with Crippen molar-refractivity contribution in [2.24, 2.45) is 0 Å². The summed E-state index contributed by atoms with van der Waals surface area (Å²) in [6.07, 6.45) is 0. The van der Waals surface area contributed by atoms with E-state index < -0.39 is 0 Å². The third-order valence-electron chi connectivity index (χ3n) is 3.83. The highest BCUT2D eigenvalue weighted by Crippen LogP contribution is 2.39. The van der Waals surface area contributed by atoms with Gasteiger partial charge in [-0.25, -0.2) is 9.97 Å². The molecule has 0 saturated carbocycles. The van der Waals surface area contributed by atoms with Gasteiger partial charge >= 0.3 is 0 Å². The number of phenolic OH excluding ortho intramolecular Hbond substituents is 2. The number of benzene rings is 2. The highest BCUT2D eigenvalue weighted by Gasteiger charge is 2.16. The lowest BCUT2D eigenvalue weighted by Gasteiger charge is -2.13. The summed E-state index contributed by atoms with van der Waals surface area (Å²) in [5.74, 6) is 0.290. The van der Waals surface area contributed by atoms with Crippen molar-refractivity contribution in [1.82, 2.24) is 9.97 Å². The standard InChI is InChI=1S/C18H12Br4N2O2/c1-7-15(9-3-11(19)17(25)12(20)4-9)24-8(2)16(23-7)10-5-13(21)18(26)14(22)6-10/h3-6,25-26H,1-2H3. The van der Waals surface area contributed by atoms with Crippen molar-refractivity contribution >= 4 is 63.7 Å². The summed E-state index contributed by atoms with van der Waals surface area (Å²) in [7, 11) is 0. The molecule has 134 valence electrons. The summed E-state index contributed by atoms with van der Waals surface area (Å²) in [6.45, 7) is 3.79. The van der Waals surface area contributed by atoms with Crippen LogP contribution in [-0.2, 0) is 0 Å². The molecule has 0 amide bonds. The second kappa shape index (κ2) is 7.58. The summed E-state index contributed by atoms with van der Waals surface area (Å²) in [5, 5.41) is 19.8. The molecule has 1 aromatic heterocycles. The Hall–Kier alpha value is -0.960. The van der Waals surface area contributed by atoms with Crippen LogP contribution < -0.4 is 0 Å². The zero-order valence-corrected chi connectivity index (χ0v) is 20.0. The molecule has 4 nitrogen and oxygen atoms in total. The number of aromatic hydroxyl groups is 2. The van der Waals surface area contributed by atoms with Gasteiger partial charge < -0.3 is 10.2 Å². The minimum absolute atomic E-state index is 0.145. The van der Waals surface area contributed by atoms with Crippen LogP contribution in [0.4, 0.5) is 0 Å². The average molecular weight is 608 g/mol. The number of hydrogen-bond acceptors (Lipinski definition) is 4. The third-order valence-corrected chi connectivity index (χ3v) is 6.24. The van der Waals surface area contributed by atoms with E-state index in [1.165, 1.54) is 0 Å². The highest BCUT2D eigenvalue weighted by atomic mass is 79.9. The number of aryl methyl sites for hydroxylation is 2. The summed E-state index contributed by atoms with van der Waals surface area (Å²) >= 11 is 13.4. The Bertz CT molecular complexity index is 909. The number of halogens is 4. The number of rotatable bonds is 2. The van der Waals surface area contributed by atoms with Crippen molar-refractivity contribution in [3.63, 3.8) is 0 Å². The Morgan fingerprint density at radius 1 is 0.615 bits per heavy atom. The number of phenols is 2. The van der Waals surface area contributed by atoms with Crippen LogP contribution in [0.15, 0.2) is 42.2 Å². The molecule has 3 rings (SSSR count). The van der Waals surface area contributed by atoms with E-state index >= 15 is 0 Å². The molecule has 26 heavy (non-hydrogen) atoms. The van der Waals surface area contributed by atoms with E-state index in [4.69, 9.17) is 9.97 Å². The van der Waals surface area contributed by atoms with E-state index in [0.29, 0.717) is 17.9 Å². The molecule has 2 N–H and O–H groups in total. The first-order valence-electron chi connectivity index (χ1n) is 7.41. The topological polar surface area (TPSA) is 66.2 Å². The van der Waals surface area contributed by atoms with Gasteiger partial charge in [0.25, 0.3) is 0 Å². The Balaban J connectivity index is 2.16. The molecular formula is C18H12Br4N2O2. The van der Waals surface area contributed by atoms with Crippen molar-refractivity contribution in [3.05, 3.63) is 53.5 Å². The van der Waals surface area contributed by atoms with E-state index in [-0.39, 0.29) is 11.5 Å². The summed E-state index contributed by atoms with van der Waals surface area (Å²) < 4.78 is 2.32. The second-order valence-electron chi connectivity index (χ2n) is 5.67. The van der Waals surface area contributed by atoms with Crippen molar-refractivity contribution in [2.75, 3.05) is 0 Å². The zero-order chi connectivity index (χ0) is 19.2. The zero-order valence-electron chi connectivity index (χ0n) is 13.6. The van der Waals surface area contributed by atoms with Crippen LogP contribution in [-0.4, -0.2) is 20.2 Å². The maximum Gasteiger partial charge on any atom is 0.143 e. The highest BCUT2D eigenvalue weighted by molar-refractivity contribution is 9.11. The second-order valence-corrected chi connectivity index (χ2v) is 9.09. The van der Waals surface area contributed by atoms with Crippen molar-refractivity contribution in [2.45, 2.75) is 13.8 Å². The molecule has 2 aromatic carbocycles. The molecule has 8 heteroatoms. The van der Waals surface area contributed by atoms with Crippen molar-refractivity contribution in [1.29, 1.82) is 0 Å². The molecule has 0 spiro atoms. The first-order chi connectivity index (χ1) is 12.2. The predicted molar refractivity (Wildman–Crippen MR) is 117 cm³/mol. The Morgan fingerprint density at radius 2 is 0.885 bits per heavy atom. The molecule has 0 bridgehead atoms.